The number of benzene rings is 2. The van der Waals surface area contributed by atoms with Crippen LogP contribution in [0.4, 0.5) is 10.5 Å². The lowest BCUT2D eigenvalue weighted by molar-refractivity contribution is -0.199. The van der Waals surface area contributed by atoms with Crippen LogP contribution in [0.5, 0.6) is 0 Å². The molecule has 10 nitrogen and oxygen atoms in total. The minimum absolute atomic E-state index is 0.0195. The number of rotatable bonds is 11. The molecule has 3 aliphatic carbocycles. The monoisotopic (exact) mass is 604 g/mol. The van der Waals surface area contributed by atoms with Gasteiger partial charge in [-0.05, 0) is 85.1 Å². The molecule has 1 saturated heterocycles. The molecular weight excluding hydrogens is 555 g/mol. The van der Waals surface area contributed by atoms with Crippen LogP contribution in [0.1, 0.15) is 66.7 Å². The Morgan fingerprint density at radius 2 is 1.82 bits per heavy atom. The molecule has 2 aromatic carbocycles. The Morgan fingerprint density at radius 3 is 2.52 bits per heavy atom. The number of hydrogen-bond acceptors (Lipinski definition) is 5. The number of fused-ring (bicyclic) bond motifs is 1. The van der Waals surface area contributed by atoms with Gasteiger partial charge in [-0.1, -0.05) is 58.0 Å². The zero-order valence-corrected chi connectivity index (χ0v) is 27.0. The third-order valence-corrected chi connectivity index (χ3v) is 10.2. The molecule has 3 saturated carbocycles. The van der Waals surface area contributed by atoms with E-state index in [0.29, 0.717) is 49.2 Å². The summed E-state index contributed by atoms with van der Waals surface area (Å²) in [5.41, 5.74) is 0.502. The number of carbonyl (C=O) groups is 2. The second-order valence-corrected chi connectivity index (χ2v) is 14.0. The van der Waals surface area contributed by atoms with Crippen molar-refractivity contribution in [2.24, 2.45) is 23.2 Å². The maximum atomic E-state index is 13.9. The number of nitrogens with one attached hydrogen (secondary N) is 6. The molecule has 1 heterocycles. The van der Waals surface area contributed by atoms with Crippen molar-refractivity contribution in [1.82, 2.24) is 21.3 Å². The lowest BCUT2D eigenvalue weighted by Gasteiger charge is -2.64. The van der Waals surface area contributed by atoms with E-state index in [2.05, 4.69) is 61.2 Å². The van der Waals surface area contributed by atoms with Crippen molar-refractivity contribution < 1.29 is 18.9 Å². The van der Waals surface area contributed by atoms with Gasteiger partial charge >= 0.3 is 13.1 Å². The average Bonchev–Trinajstić information content (AvgIpc) is 3.35. The van der Waals surface area contributed by atoms with Crippen molar-refractivity contribution in [3.05, 3.63) is 42.5 Å². The van der Waals surface area contributed by atoms with E-state index in [1.54, 1.807) is 7.05 Å². The van der Waals surface area contributed by atoms with Crippen LogP contribution in [0, 0.1) is 28.6 Å². The molecule has 44 heavy (non-hydrogen) atoms. The van der Waals surface area contributed by atoms with Gasteiger partial charge in [-0.15, -0.1) is 0 Å². The summed E-state index contributed by atoms with van der Waals surface area (Å²) < 4.78 is 13.3. The van der Waals surface area contributed by atoms with E-state index in [4.69, 9.17) is 14.7 Å². The third-order valence-electron chi connectivity index (χ3n) is 10.2. The zero-order chi connectivity index (χ0) is 31.6. The van der Waals surface area contributed by atoms with E-state index < -0.39 is 19.2 Å². The minimum atomic E-state index is -0.790. The minimum Gasteiger partial charge on any atom is -0.404 e. The lowest BCUT2D eigenvalue weighted by atomic mass is 9.43. The van der Waals surface area contributed by atoms with Gasteiger partial charge in [-0.3, -0.25) is 10.2 Å². The zero-order valence-electron chi connectivity index (χ0n) is 27.0. The fourth-order valence-electron chi connectivity index (χ4n) is 7.57. The molecular formula is C33H49BN6O4. The maximum Gasteiger partial charge on any atom is 0.481 e. The van der Waals surface area contributed by atoms with Gasteiger partial charge in [0.25, 0.3) is 0 Å². The standard InChI is InChI=1S/C33H49BN6O4/c1-20(2)16-28(34-43-27-19-23-18-26(32(23,3)4)33(27,5)44-34)40-29(41)25(12-9-15-37-30(35)36-6)39-31(42)38-24-14-13-21-10-7-8-11-22(21)17-24/h7-8,10-11,13-14,17,20,23,25-28H,9,12,15-16,18-19H2,1-6H3,(H,40,41)(H3,35,36,37)(H2,38,39,42)/t23-,25-,26-,27+,28-,33-/m0/s1. The van der Waals surface area contributed by atoms with Crippen LogP contribution >= 0.6 is 0 Å². The number of hydrogen-bond donors (Lipinski definition) is 6. The smallest absolute Gasteiger partial charge is 0.404 e. The Morgan fingerprint density at radius 1 is 1.07 bits per heavy atom. The summed E-state index contributed by atoms with van der Waals surface area (Å²) in [6.45, 7) is 11.6. The Hall–Kier alpha value is -3.31. The topological polar surface area (TPSA) is 137 Å². The molecule has 238 valence electrons. The highest BCUT2D eigenvalue weighted by molar-refractivity contribution is 6.48. The lowest BCUT2D eigenvalue weighted by Crippen LogP contribution is -2.65. The molecule has 2 bridgehead atoms. The molecule has 0 spiro atoms. The third kappa shape index (κ3) is 6.68. The van der Waals surface area contributed by atoms with Crippen LogP contribution in [-0.4, -0.2) is 62.3 Å². The summed E-state index contributed by atoms with van der Waals surface area (Å²) in [7, 11) is 1.13. The predicted octanol–water partition coefficient (Wildman–Crippen LogP) is 4.65. The van der Waals surface area contributed by atoms with Gasteiger partial charge in [-0.25, -0.2) is 4.79 Å². The highest BCUT2D eigenvalue weighted by atomic mass is 16.7. The van der Waals surface area contributed by atoms with E-state index in [0.717, 1.165) is 23.6 Å². The number of urea groups is 1. The Kier molecular flexibility index (Phi) is 9.46. The first-order chi connectivity index (χ1) is 20.9. The first-order valence-electron chi connectivity index (χ1n) is 16.1. The number of amides is 3. The summed E-state index contributed by atoms with van der Waals surface area (Å²) in [5, 5.41) is 24.6. The van der Waals surface area contributed by atoms with Gasteiger partial charge in [0.05, 0.1) is 17.6 Å². The average molecular weight is 605 g/mol. The van der Waals surface area contributed by atoms with Crippen molar-refractivity contribution in [3.63, 3.8) is 0 Å². The molecule has 11 heteroatoms. The predicted molar refractivity (Wildman–Crippen MR) is 175 cm³/mol. The van der Waals surface area contributed by atoms with Gasteiger partial charge in [0.2, 0.25) is 5.91 Å². The molecule has 6 atom stereocenters. The van der Waals surface area contributed by atoms with E-state index in [1.807, 2.05) is 42.5 Å². The van der Waals surface area contributed by atoms with Gasteiger partial charge in [0, 0.05) is 19.3 Å². The Bertz CT molecular complexity index is 1370. The fraction of sp³-hybridized carbons (Fsp3) is 0.606. The first kappa shape index (κ1) is 32.1. The fourth-order valence-corrected chi connectivity index (χ4v) is 7.57. The van der Waals surface area contributed by atoms with Crippen molar-refractivity contribution in [3.8, 4) is 0 Å². The van der Waals surface area contributed by atoms with Gasteiger partial charge in [-0.2, -0.15) is 0 Å². The summed E-state index contributed by atoms with van der Waals surface area (Å²) in [6.07, 6.45) is 3.81. The highest BCUT2D eigenvalue weighted by Crippen LogP contribution is 2.65. The Balaban J connectivity index is 1.27. The highest BCUT2D eigenvalue weighted by Gasteiger charge is 2.68. The van der Waals surface area contributed by atoms with Crippen molar-refractivity contribution >= 4 is 41.5 Å². The quantitative estimate of drug-likeness (QED) is 0.0957. The molecule has 0 aromatic heterocycles. The van der Waals surface area contributed by atoms with E-state index in [9.17, 15) is 9.59 Å². The molecule has 6 rings (SSSR count). The van der Waals surface area contributed by atoms with Crippen LogP contribution in [0.3, 0.4) is 0 Å². The van der Waals surface area contributed by atoms with Crippen molar-refractivity contribution in [2.45, 2.75) is 90.4 Å². The summed E-state index contributed by atoms with van der Waals surface area (Å²) >= 11 is 0. The van der Waals surface area contributed by atoms with Crippen LogP contribution in [0.25, 0.3) is 10.8 Å². The summed E-state index contributed by atoms with van der Waals surface area (Å²) in [5.74, 6) is 0.942. The molecule has 0 radical (unpaired) electrons. The molecule has 6 N–H and O–H groups in total. The van der Waals surface area contributed by atoms with E-state index in [-0.39, 0.29) is 34.9 Å². The van der Waals surface area contributed by atoms with Crippen LogP contribution in [-0.2, 0) is 14.1 Å². The number of guanidine groups is 1. The summed E-state index contributed by atoms with van der Waals surface area (Å²) in [6, 6.07) is 12.4. The molecule has 1 aliphatic heterocycles. The van der Waals surface area contributed by atoms with Crippen LogP contribution in [0.15, 0.2) is 42.5 Å². The normalized spacial score (nSPS) is 26.2. The van der Waals surface area contributed by atoms with Gasteiger partial charge < -0.3 is 35.9 Å². The summed E-state index contributed by atoms with van der Waals surface area (Å²) in [4.78, 5) is 27.0. The van der Waals surface area contributed by atoms with Gasteiger partial charge in [0.1, 0.15) is 6.04 Å². The second-order valence-electron chi connectivity index (χ2n) is 14.0. The van der Waals surface area contributed by atoms with Gasteiger partial charge in [0.15, 0.2) is 5.96 Å². The van der Waals surface area contributed by atoms with E-state index >= 15 is 0 Å². The molecule has 4 fully saturated rings. The number of anilines is 1. The molecule has 0 unspecified atom stereocenters. The second kappa shape index (κ2) is 13.0. The SMILES string of the molecule is CNC(=N)NCCC[C@H](NC(=O)Nc1ccc2ccccc2c1)C(=O)N[C@@H](CC(C)C)B1O[C@@H]2C[C@@H]3C[C@@H](C3(C)C)[C@]2(C)O1. The van der Waals surface area contributed by atoms with E-state index in [1.165, 1.54) is 0 Å². The number of carbonyl (C=O) groups excluding carboxylic acids is 2. The van der Waals surface area contributed by atoms with Crippen LogP contribution < -0.4 is 26.6 Å². The largest absolute Gasteiger partial charge is 0.481 e. The molecule has 4 aliphatic rings. The maximum absolute atomic E-state index is 13.9. The Labute approximate surface area is 261 Å². The molecule has 3 amide bonds. The first-order valence-corrected chi connectivity index (χ1v) is 16.1. The van der Waals surface area contributed by atoms with Crippen LogP contribution in [0.2, 0.25) is 0 Å². The van der Waals surface area contributed by atoms with Crippen molar-refractivity contribution in [2.75, 3.05) is 18.9 Å². The van der Waals surface area contributed by atoms with Crippen molar-refractivity contribution in [1.29, 1.82) is 5.41 Å². The molecule has 2 aromatic rings.